The normalized spacial score (nSPS) is 16.5. The standard InChI is InChI=1S/C23H20ClFN4O3S/c1-26-16-8-9-17(20(25)19(16)24)28-21(31)23(11-3-12-23)29(22(28)33)14-4-6-15(7-5-14)32-13-10-18(30)27-2/h4-9H,3,10-13H2,2H3,(H,27,30). The summed E-state index contributed by atoms with van der Waals surface area (Å²) >= 11 is 11.7. The molecule has 2 fully saturated rings. The molecule has 2 aromatic carbocycles. The number of carbonyl (C=O) groups excluding carboxylic acids is 2. The fourth-order valence-corrected chi connectivity index (χ4v) is 4.72. The largest absolute Gasteiger partial charge is 0.493 e. The smallest absolute Gasteiger partial charge is 0.259 e. The number of nitrogens with zero attached hydrogens (tertiary/aromatic N) is 3. The molecule has 1 heterocycles. The lowest BCUT2D eigenvalue weighted by molar-refractivity contribution is -0.124. The van der Waals surface area contributed by atoms with Crippen molar-refractivity contribution in [2.75, 3.05) is 23.5 Å². The van der Waals surface area contributed by atoms with Crippen molar-refractivity contribution < 1.29 is 18.7 Å². The molecule has 1 spiro atoms. The number of rotatable bonds is 6. The molecule has 1 saturated heterocycles. The van der Waals surface area contributed by atoms with E-state index in [0.29, 0.717) is 24.3 Å². The first kappa shape index (κ1) is 23.0. The number of anilines is 2. The third-order valence-corrected chi connectivity index (χ3v) is 6.69. The summed E-state index contributed by atoms with van der Waals surface area (Å²) in [4.78, 5) is 31.0. The van der Waals surface area contributed by atoms with E-state index in [1.165, 1.54) is 17.0 Å². The monoisotopic (exact) mass is 486 g/mol. The lowest BCUT2D eigenvalue weighted by Gasteiger charge is -2.43. The van der Waals surface area contributed by atoms with Crippen LogP contribution < -0.4 is 19.9 Å². The van der Waals surface area contributed by atoms with E-state index in [0.717, 1.165) is 6.42 Å². The summed E-state index contributed by atoms with van der Waals surface area (Å²) in [6, 6.07) is 9.78. The highest BCUT2D eigenvalue weighted by Crippen LogP contribution is 2.49. The predicted molar refractivity (Wildman–Crippen MR) is 127 cm³/mol. The van der Waals surface area contributed by atoms with Gasteiger partial charge in [-0.3, -0.25) is 14.5 Å². The molecule has 1 N–H and O–H groups in total. The van der Waals surface area contributed by atoms with Gasteiger partial charge in [-0.25, -0.2) is 9.24 Å². The van der Waals surface area contributed by atoms with Crippen molar-refractivity contribution in [1.82, 2.24) is 5.32 Å². The molecular weight excluding hydrogens is 467 g/mol. The molecule has 0 atom stereocenters. The Morgan fingerprint density at radius 1 is 1.30 bits per heavy atom. The second-order valence-electron chi connectivity index (χ2n) is 7.75. The van der Waals surface area contributed by atoms with Crippen molar-refractivity contribution in [3.05, 3.63) is 58.7 Å². The van der Waals surface area contributed by atoms with Crippen LogP contribution in [-0.2, 0) is 9.59 Å². The third kappa shape index (κ3) is 3.79. The van der Waals surface area contributed by atoms with Crippen LogP contribution >= 0.6 is 23.8 Å². The van der Waals surface area contributed by atoms with Crippen LogP contribution in [-0.4, -0.2) is 36.1 Å². The van der Waals surface area contributed by atoms with E-state index in [1.807, 2.05) is 0 Å². The number of hydrogen-bond donors (Lipinski definition) is 1. The summed E-state index contributed by atoms with van der Waals surface area (Å²) in [7, 11) is 1.57. The molecule has 170 valence electrons. The topological polar surface area (TPSA) is 66.2 Å². The quantitative estimate of drug-likeness (QED) is 0.477. The molecule has 0 bridgehead atoms. The Morgan fingerprint density at radius 3 is 2.58 bits per heavy atom. The molecule has 4 rings (SSSR count). The van der Waals surface area contributed by atoms with Gasteiger partial charge in [0, 0.05) is 12.7 Å². The minimum absolute atomic E-state index is 0.0299. The highest BCUT2D eigenvalue weighted by Gasteiger charge is 2.60. The van der Waals surface area contributed by atoms with Crippen LogP contribution in [0.5, 0.6) is 5.75 Å². The molecule has 2 amide bonds. The zero-order valence-corrected chi connectivity index (χ0v) is 19.3. The van der Waals surface area contributed by atoms with Crippen LogP contribution in [0.2, 0.25) is 5.02 Å². The van der Waals surface area contributed by atoms with Gasteiger partial charge in [-0.1, -0.05) is 17.7 Å². The van der Waals surface area contributed by atoms with Crippen LogP contribution in [0.3, 0.4) is 0 Å². The minimum Gasteiger partial charge on any atom is -0.493 e. The molecular formula is C23H20ClFN4O3S. The van der Waals surface area contributed by atoms with Crippen LogP contribution in [0.25, 0.3) is 4.85 Å². The van der Waals surface area contributed by atoms with Crippen molar-refractivity contribution in [2.45, 2.75) is 31.2 Å². The fraction of sp³-hybridized carbons (Fsp3) is 0.304. The average Bonchev–Trinajstić information content (AvgIpc) is 3.03. The van der Waals surface area contributed by atoms with Crippen LogP contribution in [0.15, 0.2) is 36.4 Å². The number of ether oxygens (including phenoxy) is 1. The van der Waals surface area contributed by atoms with E-state index >= 15 is 4.39 Å². The Bertz CT molecular complexity index is 1180. The van der Waals surface area contributed by atoms with Gasteiger partial charge in [-0.15, -0.1) is 0 Å². The van der Waals surface area contributed by atoms with Gasteiger partial charge in [0.25, 0.3) is 5.91 Å². The van der Waals surface area contributed by atoms with E-state index in [1.54, 1.807) is 36.2 Å². The van der Waals surface area contributed by atoms with Crippen molar-refractivity contribution in [3.63, 3.8) is 0 Å². The summed E-state index contributed by atoms with van der Waals surface area (Å²) in [6.45, 7) is 7.34. The van der Waals surface area contributed by atoms with E-state index in [-0.39, 0.29) is 46.4 Å². The fourth-order valence-electron chi connectivity index (χ4n) is 4.06. The first-order valence-electron chi connectivity index (χ1n) is 10.3. The summed E-state index contributed by atoms with van der Waals surface area (Å²) < 4.78 is 20.6. The van der Waals surface area contributed by atoms with Gasteiger partial charge in [0.05, 0.1) is 30.3 Å². The van der Waals surface area contributed by atoms with E-state index in [9.17, 15) is 9.59 Å². The lowest BCUT2D eigenvalue weighted by atomic mass is 9.75. The Hall–Kier alpha value is -3.22. The zero-order chi connectivity index (χ0) is 23.8. The lowest BCUT2D eigenvalue weighted by Crippen LogP contribution is -2.55. The van der Waals surface area contributed by atoms with E-state index in [2.05, 4.69) is 10.2 Å². The molecule has 10 heteroatoms. The van der Waals surface area contributed by atoms with Crippen molar-refractivity contribution in [3.8, 4) is 5.75 Å². The summed E-state index contributed by atoms with van der Waals surface area (Å²) in [5.74, 6) is -0.699. The van der Waals surface area contributed by atoms with Gasteiger partial charge in [0.1, 0.15) is 11.3 Å². The number of benzene rings is 2. The van der Waals surface area contributed by atoms with Crippen molar-refractivity contribution in [1.29, 1.82) is 0 Å². The number of halogens is 2. The second-order valence-corrected chi connectivity index (χ2v) is 8.50. The minimum atomic E-state index is -0.879. The first-order valence-corrected chi connectivity index (χ1v) is 11.1. The Balaban J connectivity index is 1.63. The van der Waals surface area contributed by atoms with Gasteiger partial charge >= 0.3 is 0 Å². The average molecular weight is 487 g/mol. The maximum absolute atomic E-state index is 15.0. The molecule has 1 aliphatic carbocycles. The van der Waals surface area contributed by atoms with E-state index in [4.69, 9.17) is 35.1 Å². The van der Waals surface area contributed by atoms with E-state index < -0.39 is 11.4 Å². The van der Waals surface area contributed by atoms with Gasteiger partial charge in [-0.05, 0) is 61.8 Å². The number of nitrogens with one attached hydrogen (secondary N) is 1. The number of thiocarbonyl (C=S) groups is 1. The summed E-state index contributed by atoms with van der Waals surface area (Å²) in [5.41, 5.74) is -0.294. The van der Waals surface area contributed by atoms with Crippen LogP contribution in [0, 0.1) is 12.4 Å². The predicted octanol–water partition coefficient (Wildman–Crippen LogP) is 4.61. The highest BCUT2D eigenvalue weighted by molar-refractivity contribution is 7.81. The van der Waals surface area contributed by atoms with Gasteiger partial charge in [0.2, 0.25) is 11.6 Å². The molecule has 2 aromatic rings. The molecule has 1 saturated carbocycles. The summed E-state index contributed by atoms with van der Waals surface area (Å²) in [6.07, 6.45) is 2.26. The number of hydrogen-bond acceptors (Lipinski definition) is 4. The van der Waals surface area contributed by atoms with Crippen molar-refractivity contribution >= 4 is 57.8 Å². The molecule has 0 unspecified atom stereocenters. The first-order chi connectivity index (χ1) is 15.8. The molecule has 0 aromatic heterocycles. The Labute approximate surface area is 200 Å². The molecule has 2 aliphatic rings. The third-order valence-electron chi connectivity index (χ3n) is 5.97. The van der Waals surface area contributed by atoms with Crippen molar-refractivity contribution in [2.24, 2.45) is 0 Å². The number of carbonyl (C=O) groups is 2. The van der Waals surface area contributed by atoms with Gasteiger partial charge in [0.15, 0.2) is 10.9 Å². The van der Waals surface area contributed by atoms with Crippen LogP contribution in [0.4, 0.5) is 21.5 Å². The highest BCUT2D eigenvalue weighted by atomic mass is 35.5. The maximum Gasteiger partial charge on any atom is 0.259 e. The molecule has 1 aliphatic heterocycles. The van der Waals surface area contributed by atoms with Crippen LogP contribution in [0.1, 0.15) is 25.7 Å². The Kier molecular flexibility index (Phi) is 6.23. The van der Waals surface area contributed by atoms with Gasteiger partial charge < -0.3 is 15.0 Å². The zero-order valence-electron chi connectivity index (χ0n) is 17.7. The van der Waals surface area contributed by atoms with Gasteiger partial charge in [-0.2, -0.15) is 0 Å². The second kappa shape index (κ2) is 8.96. The number of amides is 2. The summed E-state index contributed by atoms with van der Waals surface area (Å²) in [5, 5.41) is 2.35. The Morgan fingerprint density at radius 2 is 2.00 bits per heavy atom. The molecule has 33 heavy (non-hydrogen) atoms. The molecule has 0 radical (unpaired) electrons. The SMILES string of the molecule is [C-]#[N+]c1ccc(N2C(=O)C3(CCC3)N(c3ccc(OCCC(=O)NC)cc3)C2=S)c(F)c1Cl. The maximum atomic E-state index is 15.0. The molecule has 7 nitrogen and oxygen atoms in total.